The molecule has 1 aliphatic rings. The predicted octanol–water partition coefficient (Wildman–Crippen LogP) is 4.64. The third-order valence-corrected chi connectivity index (χ3v) is 6.18. The fourth-order valence-electron chi connectivity index (χ4n) is 3.43. The number of furan rings is 1. The van der Waals surface area contributed by atoms with Crippen LogP contribution in [-0.2, 0) is 11.8 Å². The molecule has 0 fully saturated rings. The molecule has 0 bridgehead atoms. The molecule has 0 aliphatic heterocycles. The van der Waals surface area contributed by atoms with Crippen LogP contribution in [0, 0.1) is 0 Å². The van der Waals surface area contributed by atoms with Gasteiger partial charge < -0.3 is 18.8 Å². The van der Waals surface area contributed by atoms with Crippen molar-refractivity contribution in [2.75, 3.05) is 6.61 Å². The molecule has 0 radical (unpaired) electrons. The minimum absolute atomic E-state index is 0.201. The number of aromatic nitrogens is 2. The second-order valence-electron chi connectivity index (χ2n) is 7.38. The number of benzene rings is 1. The second-order valence-corrected chi connectivity index (χ2v) is 8.39. The van der Waals surface area contributed by atoms with E-state index in [4.69, 9.17) is 9.15 Å². The summed E-state index contributed by atoms with van der Waals surface area (Å²) in [6.45, 7) is 0.545. The second kappa shape index (κ2) is 9.41. The van der Waals surface area contributed by atoms with E-state index in [0.717, 1.165) is 12.2 Å². The Balaban J connectivity index is 1.46. The first-order valence-corrected chi connectivity index (χ1v) is 11.0. The molecule has 1 aromatic carbocycles. The molecule has 160 valence electrons. The third-order valence-electron chi connectivity index (χ3n) is 5.08. The number of hydrogen-bond acceptors (Lipinski definition) is 6. The van der Waals surface area contributed by atoms with Crippen molar-refractivity contribution in [2.45, 2.75) is 30.0 Å². The maximum absolute atomic E-state index is 13.1. The lowest BCUT2D eigenvalue weighted by Crippen LogP contribution is -2.28. The number of carbonyl (C=O) groups excluding carboxylic acids is 1. The molecule has 1 aliphatic carbocycles. The van der Waals surface area contributed by atoms with Gasteiger partial charge in [-0.2, -0.15) is 0 Å². The first-order valence-electron chi connectivity index (χ1n) is 10.1. The highest BCUT2D eigenvalue weighted by molar-refractivity contribution is 8.03. The molecule has 31 heavy (non-hydrogen) atoms. The van der Waals surface area contributed by atoms with E-state index in [-0.39, 0.29) is 5.78 Å². The number of unbranched alkanes of at least 4 members (excludes halogenated alkanes) is 1. The lowest BCUT2D eigenvalue weighted by molar-refractivity contribution is -0.112. The lowest BCUT2D eigenvalue weighted by Gasteiger charge is -2.22. The zero-order valence-electron chi connectivity index (χ0n) is 17.2. The van der Waals surface area contributed by atoms with Gasteiger partial charge in [0.15, 0.2) is 10.9 Å². The van der Waals surface area contributed by atoms with Crippen LogP contribution >= 0.6 is 11.8 Å². The number of rotatable bonds is 9. The lowest BCUT2D eigenvalue weighted by atomic mass is 9.90. The van der Waals surface area contributed by atoms with Gasteiger partial charge in [-0.25, -0.2) is 4.98 Å². The monoisotopic (exact) mass is 436 g/mol. The van der Waals surface area contributed by atoms with Crippen LogP contribution in [0.5, 0.6) is 5.75 Å². The molecule has 7 heteroatoms. The van der Waals surface area contributed by atoms with Crippen molar-refractivity contribution in [2.24, 2.45) is 7.05 Å². The van der Waals surface area contributed by atoms with E-state index >= 15 is 0 Å². The molecule has 2 heterocycles. The molecule has 1 N–H and O–H groups in total. The highest BCUT2D eigenvalue weighted by Crippen LogP contribution is 2.42. The van der Waals surface area contributed by atoms with Gasteiger partial charge >= 0.3 is 0 Å². The van der Waals surface area contributed by atoms with E-state index in [0.29, 0.717) is 40.8 Å². The van der Waals surface area contributed by atoms with Crippen LogP contribution in [0.3, 0.4) is 0 Å². The first kappa shape index (κ1) is 21.2. The number of ether oxygens (including phenoxy) is 1. The van der Waals surface area contributed by atoms with Crippen LogP contribution in [0.25, 0.3) is 6.08 Å². The van der Waals surface area contributed by atoms with Gasteiger partial charge in [-0.1, -0.05) is 18.2 Å². The topological polar surface area (TPSA) is 77.5 Å². The Hall–Kier alpha value is -3.03. The Kier molecular flexibility index (Phi) is 6.44. The SMILES string of the molecule is Cn1ccnc1SC1=CC(O)(CCCCOc2ccccc2)/C(=C\c2ccco2)C1=O. The number of para-hydroxylation sites is 1. The van der Waals surface area contributed by atoms with Crippen molar-refractivity contribution in [3.05, 3.63) is 83.4 Å². The number of imidazole rings is 1. The number of thioether (sulfide) groups is 1. The number of nitrogens with zero attached hydrogens (tertiary/aromatic N) is 2. The third kappa shape index (κ3) is 5.00. The molecule has 3 aromatic rings. The van der Waals surface area contributed by atoms with Gasteiger partial charge in [0.1, 0.15) is 17.1 Å². The van der Waals surface area contributed by atoms with Crippen LogP contribution < -0.4 is 4.74 Å². The average molecular weight is 437 g/mol. The summed E-state index contributed by atoms with van der Waals surface area (Å²) in [5.74, 6) is 1.16. The Morgan fingerprint density at radius 3 is 2.77 bits per heavy atom. The minimum atomic E-state index is -1.36. The van der Waals surface area contributed by atoms with Crippen LogP contribution in [0.15, 0.2) is 87.2 Å². The number of Topliss-reactive ketones (excluding diaryl/α,β-unsaturated/α-hetero) is 1. The number of hydrogen-bond donors (Lipinski definition) is 1. The Bertz CT molecular complexity index is 1090. The van der Waals surface area contributed by atoms with Gasteiger partial charge in [0.05, 0.1) is 17.8 Å². The molecule has 2 aromatic heterocycles. The highest BCUT2D eigenvalue weighted by Gasteiger charge is 2.42. The van der Waals surface area contributed by atoms with E-state index in [1.165, 1.54) is 11.8 Å². The van der Waals surface area contributed by atoms with Crippen LogP contribution in [-0.4, -0.2) is 32.6 Å². The van der Waals surface area contributed by atoms with Gasteiger partial charge in [-0.3, -0.25) is 4.79 Å². The van der Waals surface area contributed by atoms with E-state index in [1.54, 1.807) is 36.7 Å². The Labute approximate surface area is 185 Å². The standard InChI is InChI=1S/C24H24N2O4S/c1-26-13-12-25-23(26)31-21-17-24(28,20(22(21)27)16-19-10-7-15-30-19)11-5-6-14-29-18-8-3-2-4-9-18/h2-4,7-10,12-13,15-17,28H,5-6,11,14H2,1H3/b20-16-. The zero-order chi connectivity index (χ0) is 21.7. The smallest absolute Gasteiger partial charge is 0.198 e. The van der Waals surface area contributed by atoms with Crippen LogP contribution in [0.2, 0.25) is 0 Å². The molecule has 0 saturated heterocycles. The fraction of sp³-hybridized carbons (Fsp3) is 0.250. The normalized spacial score (nSPS) is 19.7. The average Bonchev–Trinajstić information content (AvgIpc) is 3.48. The summed E-state index contributed by atoms with van der Waals surface area (Å²) in [5, 5.41) is 12.1. The molecule has 0 spiro atoms. The van der Waals surface area contributed by atoms with Crippen molar-refractivity contribution in [1.29, 1.82) is 0 Å². The summed E-state index contributed by atoms with van der Waals surface area (Å²) in [6, 6.07) is 13.1. The molecule has 1 unspecified atom stereocenters. The van der Waals surface area contributed by atoms with Gasteiger partial charge in [-0.15, -0.1) is 0 Å². The minimum Gasteiger partial charge on any atom is -0.494 e. The van der Waals surface area contributed by atoms with E-state index < -0.39 is 5.60 Å². The van der Waals surface area contributed by atoms with Crippen molar-refractivity contribution >= 4 is 23.6 Å². The molecular formula is C24H24N2O4S. The maximum atomic E-state index is 13.1. The summed E-state index contributed by atoms with van der Waals surface area (Å²) >= 11 is 1.26. The number of allylic oxidation sites excluding steroid dienone is 1. The van der Waals surface area contributed by atoms with E-state index in [2.05, 4.69) is 4.98 Å². The predicted molar refractivity (Wildman–Crippen MR) is 120 cm³/mol. The van der Waals surface area contributed by atoms with E-state index in [9.17, 15) is 9.90 Å². The highest BCUT2D eigenvalue weighted by atomic mass is 32.2. The fourth-order valence-corrected chi connectivity index (χ4v) is 4.40. The van der Waals surface area contributed by atoms with Crippen LogP contribution in [0.1, 0.15) is 25.0 Å². The molecule has 0 saturated carbocycles. The maximum Gasteiger partial charge on any atom is 0.198 e. The number of ketones is 1. The summed E-state index contributed by atoms with van der Waals surface area (Å²) < 4.78 is 13.0. The van der Waals surface area contributed by atoms with Crippen molar-refractivity contribution in [1.82, 2.24) is 9.55 Å². The number of aliphatic hydroxyl groups is 1. The van der Waals surface area contributed by atoms with Gasteiger partial charge in [0, 0.05) is 25.0 Å². The number of aryl methyl sites for hydroxylation is 1. The summed E-state index contributed by atoms with van der Waals surface area (Å²) in [6.07, 6.45) is 10.2. The van der Waals surface area contributed by atoms with Gasteiger partial charge in [-0.05, 0) is 67.4 Å². The molecule has 4 rings (SSSR count). The Morgan fingerprint density at radius 1 is 1.23 bits per heavy atom. The van der Waals surface area contributed by atoms with Crippen molar-refractivity contribution in [3.8, 4) is 5.75 Å². The van der Waals surface area contributed by atoms with Gasteiger partial charge in [0.2, 0.25) is 0 Å². The first-order chi connectivity index (χ1) is 15.0. The van der Waals surface area contributed by atoms with Gasteiger partial charge in [0.25, 0.3) is 0 Å². The van der Waals surface area contributed by atoms with E-state index in [1.807, 2.05) is 48.1 Å². The molecule has 0 amide bonds. The molecule has 6 nitrogen and oxygen atoms in total. The van der Waals surface area contributed by atoms with Crippen molar-refractivity contribution < 1.29 is 19.1 Å². The largest absolute Gasteiger partial charge is 0.494 e. The summed E-state index contributed by atoms with van der Waals surface area (Å²) in [7, 11) is 1.87. The summed E-state index contributed by atoms with van der Waals surface area (Å²) in [5.41, 5.74) is -1.03. The molecule has 1 atom stereocenters. The molecular weight excluding hydrogens is 412 g/mol. The van der Waals surface area contributed by atoms with Crippen molar-refractivity contribution in [3.63, 3.8) is 0 Å². The van der Waals surface area contributed by atoms with Crippen LogP contribution in [0.4, 0.5) is 0 Å². The summed E-state index contributed by atoms with van der Waals surface area (Å²) in [4.78, 5) is 17.9. The number of carbonyl (C=O) groups is 1. The quantitative estimate of drug-likeness (QED) is 0.389. The Morgan fingerprint density at radius 2 is 2.06 bits per heavy atom. The zero-order valence-corrected chi connectivity index (χ0v) is 18.0.